The number of hydroxylamine groups is 2. The van der Waals surface area contributed by atoms with E-state index >= 15 is 0 Å². The Morgan fingerprint density at radius 2 is 1.57 bits per heavy atom. The Balaban J connectivity index is 1.95. The fourth-order valence-electron chi connectivity index (χ4n) is 3.84. The molecule has 3 rings (SSSR count). The van der Waals surface area contributed by atoms with Gasteiger partial charge in [-0.2, -0.15) is 0 Å². The van der Waals surface area contributed by atoms with E-state index in [1.807, 2.05) is 51.1 Å². The van der Waals surface area contributed by atoms with Crippen molar-refractivity contribution in [2.24, 2.45) is 5.92 Å². The largest absolute Gasteiger partial charge is 0.272 e. The molecule has 0 saturated heterocycles. The van der Waals surface area contributed by atoms with Crippen molar-refractivity contribution in [3.05, 3.63) is 83.9 Å². The van der Waals surface area contributed by atoms with Gasteiger partial charge < -0.3 is 0 Å². The van der Waals surface area contributed by atoms with E-state index < -0.39 is 5.60 Å². The van der Waals surface area contributed by atoms with Crippen LogP contribution in [0.15, 0.2) is 72.8 Å². The van der Waals surface area contributed by atoms with Crippen LogP contribution in [0, 0.1) is 5.92 Å². The zero-order chi connectivity index (χ0) is 21.7. The second kappa shape index (κ2) is 9.44. The summed E-state index contributed by atoms with van der Waals surface area (Å²) < 4.78 is 0. The molecule has 3 nitrogen and oxygen atoms in total. The van der Waals surface area contributed by atoms with E-state index in [4.69, 9.17) is 4.84 Å². The highest BCUT2D eigenvalue weighted by Gasteiger charge is 2.32. The number of rotatable bonds is 7. The first-order valence-electron chi connectivity index (χ1n) is 10.8. The van der Waals surface area contributed by atoms with Crippen LogP contribution in [-0.4, -0.2) is 16.6 Å². The molecule has 3 aromatic rings. The Morgan fingerprint density at radius 1 is 0.933 bits per heavy atom. The van der Waals surface area contributed by atoms with Gasteiger partial charge in [0.1, 0.15) is 0 Å². The highest BCUT2D eigenvalue weighted by Crippen LogP contribution is 2.32. The van der Waals surface area contributed by atoms with Crippen molar-refractivity contribution < 1.29 is 9.63 Å². The Labute approximate surface area is 180 Å². The lowest BCUT2D eigenvalue weighted by atomic mass is 9.94. The Kier molecular flexibility index (Phi) is 6.94. The molecule has 0 heterocycles. The number of carbonyl (C=O) groups excluding carboxylic acids is 1. The summed E-state index contributed by atoms with van der Waals surface area (Å²) in [5.74, 6) is -0.0936. The van der Waals surface area contributed by atoms with Crippen LogP contribution < -0.4 is 0 Å². The van der Waals surface area contributed by atoms with Gasteiger partial charge in [-0.25, -0.2) is 5.06 Å². The van der Waals surface area contributed by atoms with Gasteiger partial charge in [0.25, 0.3) is 0 Å². The van der Waals surface area contributed by atoms with Crippen LogP contribution in [0.1, 0.15) is 58.2 Å². The zero-order valence-electron chi connectivity index (χ0n) is 18.8. The zero-order valence-corrected chi connectivity index (χ0v) is 18.8. The van der Waals surface area contributed by atoms with Gasteiger partial charge in [0, 0.05) is 5.92 Å². The molecule has 3 aromatic carbocycles. The predicted octanol–water partition coefficient (Wildman–Crippen LogP) is 6.73. The SMILES string of the molecule is CC[C@H](Cc1ccccc1)C(=O)N(OC(C)(C)C)[C@@H](C)c1cccc2ccccc12. The molecule has 30 heavy (non-hydrogen) atoms. The van der Waals surface area contributed by atoms with Gasteiger partial charge in [-0.05, 0) is 62.4 Å². The summed E-state index contributed by atoms with van der Waals surface area (Å²) in [5, 5.41) is 3.94. The van der Waals surface area contributed by atoms with Crippen molar-refractivity contribution >= 4 is 16.7 Å². The number of hydrogen-bond donors (Lipinski definition) is 0. The van der Waals surface area contributed by atoms with Crippen LogP contribution in [0.25, 0.3) is 10.8 Å². The Morgan fingerprint density at radius 3 is 2.23 bits per heavy atom. The summed E-state index contributed by atoms with van der Waals surface area (Å²) in [6, 6.07) is 24.6. The molecule has 0 unspecified atom stereocenters. The van der Waals surface area contributed by atoms with Crippen LogP contribution in [0.3, 0.4) is 0 Å². The molecule has 158 valence electrons. The van der Waals surface area contributed by atoms with Crippen LogP contribution in [0.4, 0.5) is 0 Å². The highest BCUT2D eigenvalue weighted by atomic mass is 16.7. The maximum absolute atomic E-state index is 13.7. The van der Waals surface area contributed by atoms with E-state index in [-0.39, 0.29) is 17.9 Å². The maximum Gasteiger partial charge on any atom is 0.250 e. The normalized spacial score (nSPS) is 13.8. The highest BCUT2D eigenvalue weighted by molar-refractivity contribution is 5.87. The van der Waals surface area contributed by atoms with E-state index in [0.717, 1.165) is 17.4 Å². The number of nitrogens with zero attached hydrogens (tertiary/aromatic N) is 1. The van der Waals surface area contributed by atoms with Crippen molar-refractivity contribution in [2.75, 3.05) is 0 Å². The van der Waals surface area contributed by atoms with Gasteiger partial charge in [-0.1, -0.05) is 79.7 Å². The van der Waals surface area contributed by atoms with Crippen molar-refractivity contribution in [3.8, 4) is 0 Å². The summed E-state index contributed by atoms with van der Waals surface area (Å²) in [7, 11) is 0. The Bertz CT molecular complexity index is 970. The van der Waals surface area contributed by atoms with E-state index in [1.165, 1.54) is 10.9 Å². The molecule has 0 fully saturated rings. The number of amides is 1. The van der Waals surface area contributed by atoms with Crippen LogP contribution in [0.5, 0.6) is 0 Å². The van der Waals surface area contributed by atoms with Crippen LogP contribution in [0.2, 0.25) is 0 Å². The summed E-state index contributed by atoms with van der Waals surface area (Å²) in [5.41, 5.74) is 1.80. The van der Waals surface area contributed by atoms with Crippen molar-refractivity contribution in [1.29, 1.82) is 0 Å². The monoisotopic (exact) mass is 403 g/mol. The molecule has 0 aliphatic rings. The third-order valence-electron chi connectivity index (χ3n) is 5.38. The average Bonchev–Trinajstić information content (AvgIpc) is 2.74. The quantitative estimate of drug-likeness (QED) is 0.409. The second-order valence-corrected chi connectivity index (χ2v) is 8.91. The molecule has 0 aromatic heterocycles. The lowest BCUT2D eigenvalue weighted by Gasteiger charge is -2.36. The molecule has 0 aliphatic carbocycles. The van der Waals surface area contributed by atoms with Gasteiger partial charge in [-0.15, -0.1) is 0 Å². The van der Waals surface area contributed by atoms with Gasteiger partial charge in [-0.3, -0.25) is 9.63 Å². The van der Waals surface area contributed by atoms with Crippen molar-refractivity contribution in [1.82, 2.24) is 5.06 Å². The topological polar surface area (TPSA) is 29.5 Å². The van der Waals surface area contributed by atoms with Gasteiger partial charge >= 0.3 is 0 Å². The molecule has 0 saturated carbocycles. The van der Waals surface area contributed by atoms with Crippen molar-refractivity contribution in [2.45, 2.75) is 59.1 Å². The third-order valence-corrected chi connectivity index (χ3v) is 5.38. The fraction of sp³-hybridized carbons (Fsp3) is 0.370. The molecule has 0 spiro atoms. The minimum Gasteiger partial charge on any atom is -0.272 e. The van der Waals surface area contributed by atoms with E-state index in [1.54, 1.807) is 5.06 Å². The number of fused-ring (bicyclic) bond motifs is 1. The predicted molar refractivity (Wildman–Crippen MR) is 124 cm³/mol. The van der Waals surface area contributed by atoms with E-state index in [2.05, 4.69) is 56.3 Å². The first-order chi connectivity index (χ1) is 14.3. The summed E-state index contributed by atoms with van der Waals surface area (Å²) in [6.07, 6.45) is 1.47. The molecule has 0 N–H and O–H groups in total. The first-order valence-corrected chi connectivity index (χ1v) is 10.8. The molecule has 0 aliphatic heterocycles. The molecular weight excluding hydrogens is 370 g/mol. The molecule has 3 heteroatoms. The molecule has 0 radical (unpaired) electrons. The average molecular weight is 404 g/mol. The second-order valence-electron chi connectivity index (χ2n) is 8.91. The van der Waals surface area contributed by atoms with E-state index in [9.17, 15) is 4.79 Å². The van der Waals surface area contributed by atoms with E-state index in [0.29, 0.717) is 6.42 Å². The summed E-state index contributed by atoms with van der Waals surface area (Å²) in [6.45, 7) is 10.1. The van der Waals surface area contributed by atoms with Gasteiger partial charge in [0.2, 0.25) is 5.91 Å². The van der Waals surface area contributed by atoms with Crippen LogP contribution >= 0.6 is 0 Å². The minimum absolute atomic E-state index is 0.0386. The third kappa shape index (κ3) is 5.28. The minimum atomic E-state index is -0.473. The molecule has 2 atom stereocenters. The number of hydrogen-bond acceptors (Lipinski definition) is 2. The fourth-order valence-corrected chi connectivity index (χ4v) is 3.84. The summed E-state index contributed by atoms with van der Waals surface area (Å²) >= 11 is 0. The maximum atomic E-state index is 13.7. The summed E-state index contributed by atoms with van der Waals surface area (Å²) in [4.78, 5) is 20.0. The lowest BCUT2D eigenvalue weighted by molar-refractivity contribution is -0.245. The van der Waals surface area contributed by atoms with Crippen LogP contribution in [-0.2, 0) is 16.1 Å². The van der Waals surface area contributed by atoms with Crippen molar-refractivity contribution in [3.63, 3.8) is 0 Å². The lowest BCUT2D eigenvalue weighted by Crippen LogP contribution is -2.43. The first kappa shape index (κ1) is 22.0. The van der Waals surface area contributed by atoms with Gasteiger partial charge in [0.15, 0.2) is 0 Å². The number of carbonyl (C=O) groups is 1. The van der Waals surface area contributed by atoms with Gasteiger partial charge in [0.05, 0.1) is 11.6 Å². The Hall–Kier alpha value is -2.65. The number of benzene rings is 3. The smallest absolute Gasteiger partial charge is 0.250 e. The standard InChI is InChI=1S/C27H33NO2/c1-6-22(19-21-13-8-7-9-14-21)26(29)28(30-27(3,4)5)20(2)24-18-12-16-23-15-10-11-17-25(23)24/h7-18,20,22H,6,19H2,1-5H3/t20-,22+/m0/s1. The molecule has 1 amide bonds. The molecular formula is C27H33NO2. The molecule has 0 bridgehead atoms.